The van der Waals surface area contributed by atoms with Gasteiger partial charge in [0, 0.05) is 5.56 Å². The lowest BCUT2D eigenvalue weighted by molar-refractivity contribution is -0.642. The summed E-state index contributed by atoms with van der Waals surface area (Å²) in [5.41, 5.74) is 8.61. The van der Waals surface area contributed by atoms with E-state index in [4.69, 9.17) is 28.9 Å². The van der Waals surface area contributed by atoms with Crippen LogP contribution in [0, 0.1) is 0 Å². The second-order valence-corrected chi connectivity index (χ2v) is 6.20. The van der Waals surface area contributed by atoms with Crippen LogP contribution in [0.3, 0.4) is 0 Å². The van der Waals surface area contributed by atoms with Gasteiger partial charge in [0.15, 0.2) is 5.78 Å². The van der Waals surface area contributed by atoms with Gasteiger partial charge in [-0.25, -0.2) is 9.13 Å². The Balaban J connectivity index is 2.03. The molecule has 0 atom stereocenters. The summed E-state index contributed by atoms with van der Waals surface area (Å²) in [5, 5.41) is 0.776. The SMILES string of the molecule is C=CCn1c(N)[n+](CC(=O)c2ccc(Cl)c(Cl)c2)c2ccccc21. The fraction of sp³-hybridized carbons (Fsp3) is 0.111. The number of ketones is 1. The first-order valence-electron chi connectivity index (χ1n) is 7.38. The van der Waals surface area contributed by atoms with Crippen molar-refractivity contribution in [3.8, 4) is 0 Å². The van der Waals surface area contributed by atoms with E-state index in [1.807, 2.05) is 28.8 Å². The first kappa shape index (κ1) is 16.6. The van der Waals surface area contributed by atoms with Crippen molar-refractivity contribution in [2.75, 3.05) is 5.73 Å². The molecule has 3 aromatic rings. The highest BCUT2D eigenvalue weighted by Gasteiger charge is 2.22. The van der Waals surface area contributed by atoms with Gasteiger partial charge >= 0.3 is 5.95 Å². The number of para-hydroxylation sites is 2. The summed E-state index contributed by atoms with van der Waals surface area (Å²) in [7, 11) is 0. The van der Waals surface area contributed by atoms with Gasteiger partial charge in [-0.05, 0) is 30.3 Å². The Labute approximate surface area is 149 Å². The van der Waals surface area contributed by atoms with Gasteiger partial charge in [0.1, 0.15) is 17.6 Å². The molecule has 0 radical (unpaired) electrons. The molecule has 0 aliphatic heterocycles. The van der Waals surface area contributed by atoms with Crippen molar-refractivity contribution in [1.82, 2.24) is 4.57 Å². The molecule has 0 amide bonds. The highest BCUT2D eigenvalue weighted by molar-refractivity contribution is 6.42. The molecule has 6 heteroatoms. The highest BCUT2D eigenvalue weighted by atomic mass is 35.5. The van der Waals surface area contributed by atoms with Crippen LogP contribution in [0.2, 0.25) is 10.0 Å². The van der Waals surface area contributed by atoms with Crippen molar-refractivity contribution >= 4 is 46.0 Å². The number of carbonyl (C=O) groups is 1. The quantitative estimate of drug-likeness (QED) is 0.426. The molecule has 122 valence electrons. The molecule has 0 saturated heterocycles. The fourth-order valence-electron chi connectivity index (χ4n) is 2.70. The predicted molar refractivity (Wildman–Crippen MR) is 97.5 cm³/mol. The van der Waals surface area contributed by atoms with Crippen LogP contribution in [0.1, 0.15) is 10.4 Å². The van der Waals surface area contributed by atoms with Gasteiger partial charge in [-0.15, -0.1) is 0 Å². The van der Waals surface area contributed by atoms with Gasteiger partial charge in [0.2, 0.25) is 0 Å². The Morgan fingerprint density at radius 1 is 1.21 bits per heavy atom. The normalized spacial score (nSPS) is 10.9. The molecule has 0 aliphatic carbocycles. The van der Waals surface area contributed by atoms with Crippen molar-refractivity contribution in [3.63, 3.8) is 0 Å². The zero-order valence-corrected chi connectivity index (χ0v) is 14.4. The maximum atomic E-state index is 12.6. The minimum absolute atomic E-state index is 0.0910. The lowest BCUT2D eigenvalue weighted by Gasteiger charge is -2.03. The Kier molecular flexibility index (Phi) is 4.60. The zero-order chi connectivity index (χ0) is 17.3. The Hall–Kier alpha value is -2.30. The molecule has 4 nitrogen and oxygen atoms in total. The molecule has 0 aliphatic rings. The average molecular weight is 361 g/mol. The third-order valence-electron chi connectivity index (χ3n) is 3.87. The van der Waals surface area contributed by atoms with Crippen molar-refractivity contribution in [1.29, 1.82) is 0 Å². The monoisotopic (exact) mass is 360 g/mol. The lowest BCUT2D eigenvalue weighted by Crippen LogP contribution is -2.40. The van der Waals surface area contributed by atoms with Crippen LogP contribution in [0.5, 0.6) is 0 Å². The molecule has 1 aromatic heterocycles. The summed E-state index contributed by atoms with van der Waals surface area (Å²) < 4.78 is 3.72. The van der Waals surface area contributed by atoms with Gasteiger partial charge in [-0.3, -0.25) is 10.5 Å². The summed E-state index contributed by atoms with van der Waals surface area (Å²) in [5.74, 6) is 0.413. The van der Waals surface area contributed by atoms with Crippen LogP contribution in [0.15, 0.2) is 55.1 Å². The Morgan fingerprint density at radius 3 is 2.67 bits per heavy atom. The Bertz CT molecular complexity index is 947. The standard InChI is InChI=1S/C18H15Cl2N3O/c1-2-9-22-15-5-3-4-6-16(15)23(18(22)21)11-17(24)12-7-8-13(19)14(20)10-12/h2-8,10,21H,1,9,11H2/p+1. The van der Waals surface area contributed by atoms with Gasteiger partial charge in [0.05, 0.1) is 16.6 Å². The van der Waals surface area contributed by atoms with E-state index in [9.17, 15) is 4.79 Å². The molecule has 1 heterocycles. The number of nitrogens with two attached hydrogens (primary N) is 1. The number of Topliss-reactive ketones (excluding diaryl/α,β-unsaturated/α-hetero) is 1. The van der Waals surface area contributed by atoms with Gasteiger partial charge < -0.3 is 0 Å². The molecule has 3 rings (SSSR count). The van der Waals surface area contributed by atoms with Crippen LogP contribution in [-0.2, 0) is 13.1 Å². The van der Waals surface area contributed by atoms with Crippen LogP contribution in [0.25, 0.3) is 11.0 Å². The van der Waals surface area contributed by atoms with E-state index < -0.39 is 0 Å². The van der Waals surface area contributed by atoms with Crippen molar-refractivity contribution in [2.45, 2.75) is 13.1 Å². The average Bonchev–Trinajstić information content (AvgIpc) is 2.83. The number of aromatic nitrogens is 2. The van der Waals surface area contributed by atoms with Crippen LogP contribution >= 0.6 is 23.2 Å². The number of hydrogen-bond donors (Lipinski definition) is 1. The summed E-state index contributed by atoms with van der Waals surface area (Å²) in [6.07, 6.45) is 1.77. The molecule has 2 N–H and O–H groups in total. The zero-order valence-electron chi connectivity index (χ0n) is 12.9. The topological polar surface area (TPSA) is 51.9 Å². The molecule has 0 saturated carbocycles. The molecular weight excluding hydrogens is 345 g/mol. The first-order chi connectivity index (χ1) is 11.5. The molecule has 24 heavy (non-hydrogen) atoms. The molecule has 0 unspecified atom stereocenters. The summed E-state index contributed by atoms with van der Waals surface area (Å²) in [6.45, 7) is 4.45. The van der Waals surface area contributed by atoms with Crippen molar-refractivity contribution in [2.24, 2.45) is 0 Å². The maximum Gasteiger partial charge on any atom is 0.356 e. The van der Waals surface area contributed by atoms with E-state index in [-0.39, 0.29) is 12.3 Å². The molecule has 0 spiro atoms. The van der Waals surface area contributed by atoms with E-state index in [1.54, 1.807) is 28.8 Å². The van der Waals surface area contributed by atoms with E-state index in [0.29, 0.717) is 28.1 Å². The molecule has 2 aromatic carbocycles. The minimum atomic E-state index is -0.0910. The predicted octanol–water partition coefficient (Wildman–Crippen LogP) is 3.89. The molecule has 0 bridgehead atoms. The number of imidazole rings is 1. The number of halogens is 2. The van der Waals surface area contributed by atoms with Crippen LogP contribution in [0.4, 0.5) is 5.95 Å². The minimum Gasteiger partial charge on any atom is -0.291 e. The number of nitrogen functional groups attached to an aromatic ring is 1. The number of fused-ring (bicyclic) bond motifs is 1. The number of anilines is 1. The number of rotatable bonds is 5. The van der Waals surface area contributed by atoms with Gasteiger partial charge in [-0.2, -0.15) is 0 Å². The number of allylic oxidation sites excluding steroid dienone is 1. The van der Waals surface area contributed by atoms with Gasteiger partial charge in [0.25, 0.3) is 0 Å². The molecule has 0 fully saturated rings. The maximum absolute atomic E-state index is 12.6. The number of benzene rings is 2. The summed E-state index contributed by atoms with van der Waals surface area (Å²) in [4.78, 5) is 12.6. The highest BCUT2D eigenvalue weighted by Crippen LogP contribution is 2.23. The number of nitrogens with zero attached hydrogens (tertiary/aromatic N) is 2. The largest absolute Gasteiger partial charge is 0.356 e. The van der Waals surface area contributed by atoms with E-state index in [1.165, 1.54) is 0 Å². The third kappa shape index (κ3) is 2.90. The first-order valence-corrected chi connectivity index (χ1v) is 8.14. The van der Waals surface area contributed by atoms with Crippen LogP contribution in [-0.4, -0.2) is 10.4 Å². The number of carbonyl (C=O) groups excluding carboxylic acids is 1. The third-order valence-corrected chi connectivity index (χ3v) is 4.61. The van der Waals surface area contributed by atoms with Gasteiger partial charge in [-0.1, -0.05) is 48.0 Å². The second-order valence-electron chi connectivity index (χ2n) is 5.38. The van der Waals surface area contributed by atoms with E-state index in [0.717, 1.165) is 11.0 Å². The van der Waals surface area contributed by atoms with Crippen molar-refractivity contribution in [3.05, 3.63) is 70.7 Å². The van der Waals surface area contributed by atoms with E-state index >= 15 is 0 Å². The summed E-state index contributed by atoms with van der Waals surface area (Å²) in [6, 6.07) is 12.6. The van der Waals surface area contributed by atoms with Crippen LogP contribution < -0.4 is 10.3 Å². The smallest absolute Gasteiger partial charge is 0.291 e. The molecular formula is C18H16Cl2N3O+. The fourth-order valence-corrected chi connectivity index (χ4v) is 3.00. The second kappa shape index (κ2) is 6.67. The Morgan fingerprint density at radius 2 is 1.96 bits per heavy atom. The summed E-state index contributed by atoms with van der Waals surface area (Å²) >= 11 is 11.9. The number of hydrogen-bond acceptors (Lipinski definition) is 2. The van der Waals surface area contributed by atoms with E-state index in [2.05, 4.69) is 6.58 Å². The lowest BCUT2D eigenvalue weighted by atomic mass is 10.1. The van der Waals surface area contributed by atoms with Crippen molar-refractivity contribution < 1.29 is 9.36 Å².